The number of likely N-dealkylation sites (tertiary alicyclic amines) is 1. The number of urea groups is 1. The van der Waals surface area contributed by atoms with Gasteiger partial charge in [-0.05, 0) is 25.7 Å². The quantitative estimate of drug-likeness (QED) is 0.694. The fourth-order valence-corrected chi connectivity index (χ4v) is 5.03. The second-order valence-electron chi connectivity index (χ2n) is 9.39. The van der Waals surface area contributed by atoms with Crippen molar-refractivity contribution >= 4 is 23.5 Å². The van der Waals surface area contributed by atoms with Crippen molar-refractivity contribution in [2.45, 2.75) is 37.6 Å². The molecule has 3 aromatic heterocycles. The molecule has 10 heteroatoms. The monoisotopic (exact) mass is 423 g/mol. The molecule has 1 saturated heterocycles. The number of anilines is 1. The van der Waals surface area contributed by atoms with Crippen molar-refractivity contribution < 1.29 is 14.1 Å². The van der Waals surface area contributed by atoms with Gasteiger partial charge in [0.05, 0.1) is 11.9 Å². The Hall–Kier alpha value is -3.30. The van der Waals surface area contributed by atoms with Gasteiger partial charge in [0, 0.05) is 63.0 Å². The van der Waals surface area contributed by atoms with Crippen LogP contribution in [0.1, 0.15) is 47.7 Å². The van der Waals surface area contributed by atoms with Gasteiger partial charge in [-0.15, -0.1) is 0 Å². The molecule has 0 radical (unpaired) electrons. The zero-order chi connectivity index (χ0) is 21.3. The van der Waals surface area contributed by atoms with Gasteiger partial charge in [-0.1, -0.05) is 5.16 Å². The number of hydrogen-bond acceptors (Lipinski definition) is 5. The molecule has 1 aliphatic heterocycles. The molecule has 0 atom stereocenters. The molecule has 6 rings (SSSR count). The standard InChI is InChI=1S/C21H25N7O3/c1-25-5-6-28-18(25)15(10-22-28)19(29)27-11-21(12-27)8-14(9-21)26(2)20(30)23-17-7-16(24-31-17)13-3-4-13/h5-7,10,13-14H,3-4,8-9,11-12H2,1-2H3,(H,23,30). The maximum atomic E-state index is 12.9. The highest BCUT2D eigenvalue weighted by molar-refractivity contribution is 6.00. The zero-order valence-corrected chi connectivity index (χ0v) is 17.6. The molecule has 1 N–H and O–H groups in total. The fraction of sp³-hybridized carbons (Fsp3) is 0.524. The van der Waals surface area contributed by atoms with Crippen molar-refractivity contribution in [3.05, 3.63) is 35.9 Å². The molecular formula is C21H25N7O3. The lowest BCUT2D eigenvalue weighted by molar-refractivity contribution is -0.0787. The van der Waals surface area contributed by atoms with Gasteiger partial charge < -0.3 is 18.9 Å². The summed E-state index contributed by atoms with van der Waals surface area (Å²) in [5.74, 6) is 0.915. The average molecular weight is 423 g/mol. The van der Waals surface area contributed by atoms with Crippen molar-refractivity contribution in [3.63, 3.8) is 0 Å². The third-order valence-corrected chi connectivity index (χ3v) is 7.06. The molecule has 3 aliphatic rings. The maximum Gasteiger partial charge on any atom is 0.324 e. The summed E-state index contributed by atoms with van der Waals surface area (Å²) < 4.78 is 8.87. The second kappa shape index (κ2) is 6.35. The Morgan fingerprint density at radius 3 is 2.77 bits per heavy atom. The highest BCUT2D eigenvalue weighted by atomic mass is 16.5. The molecule has 162 valence electrons. The number of nitrogens with zero attached hydrogens (tertiary/aromatic N) is 6. The smallest absolute Gasteiger partial charge is 0.324 e. The molecule has 4 heterocycles. The van der Waals surface area contributed by atoms with Crippen LogP contribution in [0.3, 0.4) is 0 Å². The van der Waals surface area contributed by atoms with Crippen LogP contribution in [0, 0.1) is 5.41 Å². The van der Waals surface area contributed by atoms with E-state index in [0.717, 1.165) is 50.1 Å². The fourth-order valence-electron chi connectivity index (χ4n) is 5.03. The predicted molar refractivity (Wildman–Crippen MR) is 111 cm³/mol. The van der Waals surface area contributed by atoms with Crippen LogP contribution in [0.2, 0.25) is 0 Å². The van der Waals surface area contributed by atoms with Crippen LogP contribution in [0.25, 0.3) is 5.65 Å². The summed E-state index contributed by atoms with van der Waals surface area (Å²) in [5, 5.41) is 11.1. The van der Waals surface area contributed by atoms with Crippen LogP contribution >= 0.6 is 0 Å². The van der Waals surface area contributed by atoms with Gasteiger partial charge >= 0.3 is 6.03 Å². The van der Waals surface area contributed by atoms with Crippen molar-refractivity contribution in [2.75, 3.05) is 25.5 Å². The number of hydrogen-bond donors (Lipinski definition) is 1. The Bertz CT molecular complexity index is 1170. The summed E-state index contributed by atoms with van der Waals surface area (Å²) in [6, 6.07) is 1.80. The largest absolute Gasteiger partial charge is 0.338 e. The number of rotatable bonds is 4. The number of aryl methyl sites for hydroxylation is 1. The van der Waals surface area contributed by atoms with E-state index in [-0.39, 0.29) is 23.4 Å². The second-order valence-corrected chi connectivity index (χ2v) is 9.39. The number of amides is 3. The number of carbonyl (C=O) groups excluding carboxylic acids is 2. The van der Waals surface area contributed by atoms with E-state index in [1.165, 1.54) is 0 Å². The number of carbonyl (C=O) groups is 2. The molecule has 0 unspecified atom stereocenters. The number of imidazole rings is 1. The Labute approximate surface area is 178 Å². The Morgan fingerprint density at radius 1 is 1.26 bits per heavy atom. The maximum absolute atomic E-state index is 12.9. The first kappa shape index (κ1) is 18.5. The summed E-state index contributed by atoms with van der Waals surface area (Å²) in [4.78, 5) is 29.1. The molecule has 3 aromatic rings. The molecule has 0 bridgehead atoms. The summed E-state index contributed by atoms with van der Waals surface area (Å²) in [6.07, 6.45) is 9.45. The van der Waals surface area contributed by atoms with Crippen molar-refractivity contribution in [1.29, 1.82) is 0 Å². The highest BCUT2D eigenvalue weighted by Gasteiger charge is 2.55. The van der Waals surface area contributed by atoms with Crippen molar-refractivity contribution in [2.24, 2.45) is 12.5 Å². The zero-order valence-electron chi connectivity index (χ0n) is 17.6. The minimum Gasteiger partial charge on any atom is -0.338 e. The molecule has 2 aliphatic carbocycles. The van der Waals surface area contributed by atoms with Crippen LogP contribution < -0.4 is 5.32 Å². The molecule has 3 fully saturated rings. The van der Waals surface area contributed by atoms with Crippen LogP contribution in [-0.4, -0.2) is 67.3 Å². The third kappa shape index (κ3) is 2.92. The first-order valence-electron chi connectivity index (χ1n) is 10.7. The van der Waals surface area contributed by atoms with Gasteiger partial charge in [-0.2, -0.15) is 5.10 Å². The van der Waals surface area contributed by atoms with Crippen molar-refractivity contribution in [1.82, 2.24) is 29.1 Å². The van der Waals surface area contributed by atoms with Crippen LogP contribution in [0.15, 0.2) is 29.2 Å². The van der Waals surface area contributed by atoms with E-state index in [4.69, 9.17) is 4.52 Å². The normalized spacial score (nSPS) is 20.0. The Balaban J connectivity index is 1.03. The summed E-state index contributed by atoms with van der Waals surface area (Å²) in [7, 11) is 3.72. The van der Waals surface area contributed by atoms with Crippen molar-refractivity contribution in [3.8, 4) is 0 Å². The first-order chi connectivity index (χ1) is 14.9. The van der Waals surface area contributed by atoms with Crippen LogP contribution in [0.5, 0.6) is 0 Å². The Kier molecular flexibility index (Phi) is 3.78. The summed E-state index contributed by atoms with van der Waals surface area (Å²) in [5.41, 5.74) is 2.49. The SMILES string of the molecule is CN(C(=O)Nc1cc(C2CC2)no1)C1CC2(C1)CN(C(=O)c1cnn3ccn(C)c13)C2. The van der Waals surface area contributed by atoms with Gasteiger partial charge in [0.2, 0.25) is 5.88 Å². The molecule has 31 heavy (non-hydrogen) atoms. The van der Waals surface area contributed by atoms with Gasteiger partial charge in [0.15, 0.2) is 0 Å². The summed E-state index contributed by atoms with van der Waals surface area (Å²) >= 11 is 0. The van der Waals surface area contributed by atoms with Crippen LogP contribution in [0.4, 0.5) is 10.7 Å². The van der Waals surface area contributed by atoms with E-state index < -0.39 is 0 Å². The molecule has 3 amide bonds. The van der Waals surface area contributed by atoms with E-state index in [2.05, 4.69) is 15.6 Å². The van der Waals surface area contributed by atoms with Gasteiger partial charge in [-0.3, -0.25) is 10.1 Å². The number of aromatic nitrogens is 4. The molecule has 10 nitrogen and oxygen atoms in total. The van der Waals surface area contributed by atoms with Gasteiger partial charge in [0.1, 0.15) is 11.2 Å². The topological polar surface area (TPSA) is 101 Å². The van der Waals surface area contributed by atoms with Gasteiger partial charge in [0.25, 0.3) is 5.91 Å². The van der Waals surface area contributed by atoms with E-state index in [9.17, 15) is 9.59 Å². The first-order valence-corrected chi connectivity index (χ1v) is 10.7. The van der Waals surface area contributed by atoms with E-state index in [1.807, 2.05) is 42.0 Å². The molecule has 0 aromatic carbocycles. The lowest BCUT2D eigenvalue weighted by Gasteiger charge is -2.60. The molecular weight excluding hydrogens is 398 g/mol. The summed E-state index contributed by atoms with van der Waals surface area (Å²) in [6.45, 7) is 1.46. The molecule has 2 saturated carbocycles. The predicted octanol–water partition coefficient (Wildman–Crippen LogP) is 2.31. The van der Waals surface area contributed by atoms with Gasteiger partial charge in [-0.25, -0.2) is 9.31 Å². The van der Waals surface area contributed by atoms with Crippen LogP contribution in [-0.2, 0) is 7.05 Å². The third-order valence-electron chi connectivity index (χ3n) is 7.06. The Morgan fingerprint density at radius 2 is 2.03 bits per heavy atom. The number of fused-ring (bicyclic) bond motifs is 1. The average Bonchev–Trinajstić information content (AvgIpc) is 3.11. The van der Waals surface area contributed by atoms with E-state index in [1.54, 1.807) is 15.6 Å². The number of nitrogens with one attached hydrogen (secondary N) is 1. The minimum atomic E-state index is -0.184. The molecule has 1 spiro atoms. The highest BCUT2D eigenvalue weighted by Crippen LogP contribution is 2.50. The minimum absolute atomic E-state index is 0.0220. The lowest BCUT2D eigenvalue weighted by atomic mass is 9.60. The lowest BCUT2D eigenvalue weighted by Crippen LogP contribution is -2.67. The van der Waals surface area contributed by atoms with E-state index in [0.29, 0.717) is 17.4 Å². The van der Waals surface area contributed by atoms with E-state index >= 15 is 0 Å².